The minimum Gasteiger partial charge on any atom is -0.423 e. The first-order valence-electron chi connectivity index (χ1n) is 35.1. The molecule has 2 heterocycles. The van der Waals surface area contributed by atoms with Crippen molar-refractivity contribution in [3.8, 4) is 78.4 Å². The summed E-state index contributed by atoms with van der Waals surface area (Å²) in [5.74, 6) is 1.48. The van der Waals surface area contributed by atoms with Gasteiger partial charge in [-0.15, -0.1) is 0 Å². The summed E-state index contributed by atoms with van der Waals surface area (Å²) in [5.41, 5.74) is 18.5. The Morgan fingerprint density at radius 3 is 0.933 bits per heavy atom. The van der Waals surface area contributed by atoms with Gasteiger partial charge in [-0.05, 0) is 202 Å². The zero-order valence-electron chi connectivity index (χ0n) is 56.0. The van der Waals surface area contributed by atoms with Gasteiger partial charge in [-0.3, -0.25) is 0 Å². The van der Waals surface area contributed by atoms with Gasteiger partial charge in [0.25, 0.3) is 0 Å². The molecule has 0 atom stereocenters. The van der Waals surface area contributed by atoms with Gasteiger partial charge in [0.2, 0.25) is 0 Å². The lowest BCUT2D eigenvalue weighted by atomic mass is 9.75. The predicted molar refractivity (Wildman–Crippen MR) is 441 cm³/mol. The molecule has 0 radical (unpaired) electrons. The largest absolute Gasteiger partial charge is 0.489 e. The van der Waals surface area contributed by atoms with Gasteiger partial charge in [-0.1, -0.05) is 301 Å². The van der Waals surface area contributed by atoms with Crippen LogP contribution in [-0.2, 0) is 0 Å². The molecule has 22 aromatic rings. The van der Waals surface area contributed by atoms with Crippen LogP contribution in [0.25, 0.3) is 208 Å². The summed E-state index contributed by atoms with van der Waals surface area (Å²) in [6.45, 7) is 0. The molecular formula is C96H58BBrN4O2. The Bertz CT molecular complexity index is 6830. The first-order chi connectivity index (χ1) is 51.3. The van der Waals surface area contributed by atoms with Gasteiger partial charge in [-0.2, -0.15) is 0 Å². The molecule has 0 amide bonds. The number of nitrogens with zero attached hydrogens (tertiary/aromatic N) is 4. The molecule has 20 aromatic carbocycles. The minimum atomic E-state index is -1.44. The Kier molecular flexibility index (Phi) is 14.5. The number of hydrogen-bond acceptors (Lipinski definition) is 6. The van der Waals surface area contributed by atoms with Crippen LogP contribution >= 0.6 is 15.9 Å². The lowest BCUT2D eigenvalue weighted by molar-refractivity contribution is 0.426. The Labute approximate surface area is 606 Å². The lowest BCUT2D eigenvalue weighted by Crippen LogP contribution is -2.30. The van der Waals surface area contributed by atoms with E-state index < -0.39 is 7.12 Å². The van der Waals surface area contributed by atoms with E-state index in [9.17, 15) is 10.0 Å². The summed E-state index contributed by atoms with van der Waals surface area (Å²) in [6.07, 6.45) is 0. The second-order valence-corrected chi connectivity index (χ2v) is 27.9. The average Bonchev–Trinajstić information content (AvgIpc) is 0.734. The molecule has 0 aliphatic carbocycles. The van der Waals surface area contributed by atoms with Crippen LogP contribution in [0.5, 0.6) is 0 Å². The van der Waals surface area contributed by atoms with Crippen LogP contribution < -0.4 is 5.46 Å². The maximum atomic E-state index is 9.51. The molecule has 6 nitrogen and oxygen atoms in total. The van der Waals surface area contributed by atoms with Gasteiger partial charge in [-0.25, -0.2) is 19.9 Å². The van der Waals surface area contributed by atoms with Crippen molar-refractivity contribution in [1.82, 2.24) is 19.9 Å². The normalized spacial score (nSPS) is 11.8. The quantitative estimate of drug-likeness (QED) is 0.116. The molecule has 22 rings (SSSR count). The molecule has 0 aliphatic heterocycles. The standard InChI is InChI=1S/C48H28N2.C32H19BrN2.C16H11BO2/c1-3-9-29(10-4-1)40-28-41(30-11-5-2-6-12-30)39-24-26-43-47-42(25-23-38(40)46(39)47)49-48(50-43)35-16-8-15-34(27-35)36-21-19-33-18-17-31-13-7-14-32-20-22-37(36)45(33)44(31)32;33-23-13-7-12-22(18-23)32-34-28-16-14-24-26(20-8-3-1-4-9-20)19-27(21-10-5-2-6-11-21)25-15-17-29(35-32)31(28)30(24)25;18-17(19)14-9-7-12-5-4-10-2-1-3-11-6-8-13(14)16(12)15(10)11/h1-28H;1-19H;1-9,18-19H. The summed E-state index contributed by atoms with van der Waals surface area (Å²) < 4.78 is 1.02. The molecule has 0 spiro atoms. The third-order valence-electron chi connectivity index (χ3n) is 21.1. The van der Waals surface area contributed by atoms with Crippen molar-refractivity contribution in [2.24, 2.45) is 0 Å². The molecule has 0 saturated heterocycles. The van der Waals surface area contributed by atoms with Gasteiger partial charge in [0.15, 0.2) is 11.6 Å². The van der Waals surface area contributed by atoms with Crippen LogP contribution in [0.4, 0.5) is 0 Å². The molecule has 0 unspecified atom stereocenters. The number of benzene rings is 20. The second kappa shape index (κ2) is 24.8. The van der Waals surface area contributed by atoms with Gasteiger partial charge in [0.05, 0.1) is 22.1 Å². The number of rotatable bonds is 8. The second-order valence-electron chi connectivity index (χ2n) is 27.0. The monoisotopic (exact) mass is 1390 g/mol. The third-order valence-corrected chi connectivity index (χ3v) is 21.6. The molecule has 0 bridgehead atoms. The highest BCUT2D eigenvalue weighted by Gasteiger charge is 2.23. The van der Waals surface area contributed by atoms with Gasteiger partial charge < -0.3 is 10.0 Å². The number of aromatic nitrogens is 4. The molecule has 0 fully saturated rings. The van der Waals surface area contributed by atoms with E-state index >= 15 is 0 Å². The van der Waals surface area contributed by atoms with Crippen LogP contribution in [0.2, 0.25) is 0 Å². The fraction of sp³-hybridized carbons (Fsp3) is 0. The first kappa shape index (κ1) is 61.1. The van der Waals surface area contributed by atoms with Crippen molar-refractivity contribution >= 4 is 158 Å². The summed E-state index contributed by atoms with van der Waals surface area (Å²) >= 11 is 3.58. The van der Waals surface area contributed by atoms with E-state index in [4.69, 9.17) is 19.9 Å². The summed E-state index contributed by atoms with van der Waals surface area (Å²) in [5, 5.41) is 43.0. The Balaban J connectivity index is 0.000000115. The Hall–Kier alpha value is -12.8. The first-order valence-corrected chi connectivity index (χ1v) is 35.9. The highest BCUT2D eigenvalue weighted by Crippen LogP contribution is 2.47. The van der Waals surface area contributed by atoms with Crippen molar-refractivity contribution in [3.05, 3.63) is 344 Å². The van der Waals surface area contributed by atoms with Crippen LogP contribution in [0.1, 0.15) is 0 Å². The van der Waals surface area contributed by atoms with Gasteiger partial charge in [0, 0.05) is 37.1 Å². The highest BCUT2D eigenvalue weighted by molar-refractivity contribution is 9.10. The maximum Gasteiger partial charge on any atom is 0.489 e. The van der Waals surface area contributed by atoms with Gasteiger partial charge >= 0.3 is 7.12 Å². The van der Waals surface area contributed by atoms with Crippen LogP contribution in [0, 0.1) is 0 Å². The van der Waals surface area contributed by atoms with Crippen molar-refractivity contribution in [3.63, 3.8) is 0 Å². The molecule has 8 heteroatoms. The maximum absolute atomic E-state index is 9.51. The minimum absolute atomic E-state index is 0.561. The molecular weight excluding hydrogens is 1330 g/mol. The molecule has 2 aromatic heterocycles. The average molecular weight is 1390 g/mol. The van der Waals surface area contributed by atoms with E-state index in [0.717, 1.165) is 81.8 Å². The zero-order chi connectivity index (χ0) is 69.1. The molecule has 104 heavy (non-hydrogen) atoms. The topological polar surface area (TPSA) is 92.0 Å². The third kappa shape index (κ3) is 10.2. The summed E-state index contributed by atoms with van der Waals surface area (Å²) in [7, 11) is -1.44. The number of halogens is 1. The van der Waals surface area contributed by atoms with E-state index in [2.05, 4.69) is 313 Å². The lowest BCUT2D eigenvalue weighted by Gasteiger charge is -2.18. The van der Waals surface area contributed by atoms with Crippen LogP contribution in [-0.4, -0.2) is 37.1 Å². The highest BCUT2D eigenvalue weighted by atomic mass is 79.9. The predicted octanol–water partition coefficient (Wildman–Crippen LogP) is 24.3. The molecule has 0 saturated carbocycles. The number of hydrogen-bond donors (Lipinski definition) is 2. The molecule has 484 valence electrons. The van der Waals surface area contributed by atoms with E-state index in [1.165, 1.54) is 131 Å². The Morgan fingerprint density at radius 1 is 0.212 bits per heavy atom. The van der Waals surface area contributed by atoms with Gasteiger partial charge in [0.1, 0.15) is 0 Å². The summed E-state index contributed by atoms with van der Waals surface area (Å²) in [6, 6.07) is 120. The molecule has 2 N–H and O–H groups in total. The van der Waals surface area contributed by atoms with Crippen LogP contribution in [0.15, 0.2) is 344 Å². The van der Waals surface area contributed by atoms with Crippen molar-refractivity contribution < 1.29 is 10.0 Å². The SMILES string of the molecule is Brc1cccc(-c2nc3ccc4c(-c5ccccc5)cc(-c5ccccc5)c5ccc(n2)c3c45)c1.OB(O)c1ccc2ccc3cccc4ccc1c2c34.c1ccc(-c2cc(-c3ccccc3)c3ccc4nc(-c5cccc(-c6ccc7ccc8cccc9ccc6c7c89)c5)nc5ccc2c3c54)cc1. The van der Waals surface area contributed by atoms with E-state index in [1.54, 1.807) is 6.07 Å². The fourth-order valence-electron chi connectivity index (χ4n) is 16.4. The van der Waals surface area contributed by atoms with E-state index in [0.29, 0.717) is 5.46 Å². The van der Waals surface area contributed by atoms with E-state index in [1.807, 2.05) is 36.4 Å². The Morgan fingerprint density at radius 2 is 0.519 bits per heavy atom. The zero-order valence-corrected chi connectivity index (χ0v) is 57.6. The van der Waals surface area contributed by atoms with Crippen LogP contribution in [0.3, 0.4) is 0 Å². The fourth-order valence-corrected chi connectivity index (χ4v) is 16.8. The van der Waals surface area contributed by atoms with Crippen molar-refractivity contribution in [2.45, 2.75) is 0 Å². The van der Waals surface area contributed by atoms with Crippen molar-refractivity contribution in [2.75, 3.05) is 0 Å². The molecule has 0 aliphatic rings. The van der Waals surface area contributed by atoms with E-state index in [-0.39, 0.29) is 0 Å². The smallest absolute Gasteiger partial charge is 0.423 e. The summed E-state index contributed by atoms with van der Waals surface area (Å²) in [4.78, 5) is 20.5. The van der Waals surface area contributed by atoms with Crippen molar-refractivity contribution in [1.29, 1.82) is 0 Å².